The van der Waals surface area contributed by atoms with Gasteiger partial charge in [0.05, 0.1) is 32.0 Å². The average molecular weight is 472 g/mol. The van der Waals surface area contributed by atoms with Gasteiger partial charge in [-0.15, -0.1) is 0 Å². The molecule has 0 aliphatic carbocycles. The predicted octanol–water partition coefficient (Wildman–Crippen LogP) is 1.66. The van der Waals surface area contributed by atoms with Crippen LogP contribution in [0.15, 0.2) is 36.7 Å². The molecule has 2 aliphatic heterocycles. The SMILES string of the molecule is CCOc1cc(CN(C)C[C@@]2(O)CCN(c3ncccn3)C2)ccc1OCCN1CCOCC1. The molecular formula is C25H37N5O4. The Hall–Kier alpha value is -2.46. The molecule has 2 fully saturated rings. The highest BCUT2D eigenvalue weighted by Crippen LogP contribution is 2.30. The average Bonchev–Trinajstić information content (AvgIpc) is 3.23. The van der Waals surface area contributed by atoms with E-state index < -0.39 is 5.60 Å². The lowest BCUT2D eigenvalue weighted by Crippen LogP contribution is -2.43. The first-order valence-electron chi connectivity index (χ1n) is 12.2. The van der Waals surface area contributed by atoms with Crippen molar-refractivity contribution < 1.29 is 19.3 Å². The predicted molar refractivity (Wildman–Crippen MR) is 131 cm³/mol. The molecule has 0 bridgehead atoms. The topological polar surface area (TPSA) is 83.4 Å². The summed E-state index contributed by atoms with van der Waals surface area (Å²) in [6.07, 6.45) is 4.16. The number of ether oxygens (including phenoxy) is 3. The standard InChI is InChI=1S/C25H37N5O4/c1-3-33-23-17-21(5-6-22(23)34-16-13-29-11-14-32-15-12-29)18-28(2)19-25(31)7-10-30(20-25)24-26-8-4-9-27-24/h4-6,8-9,17,31H,3,7,10-16,18-20H2,1-2H3/t25-/m0/s1. The summed E-state index contributed by atoms with van der Waals surface area (Å²) in [6.45, 7) is 10.1. The summed E-state index contributed by atoms with van der Waals surface area (Å²) in [5, 5.41) is 11.2. The first-order valence-corrected chi connectivity index (χ1v) is 12.2. The molecule has 0 spiro atoms. The lowest BCUT2D eigenvalue weighted by molar-refractivity contribution is 0.0278. The summed E-state index contributed by atoms with van der Waals surface area (Å²) in [6, 6.07) is 7.92. The number of benzene rings is 1. The van der Waals surface area contributed by atoms with E-state index in [2.05, 4.69) is 25.8 Å². The molecule has 2 aliphatic rings. The van der Waals surface area contributed by atoms with Crippen LogP contribution in [-0.4, -0.2) is 103 Å². The van der Waals surface area contributed by atoms with E-state index in [4.69, 9.17) is 14.2 Å². The van der Waals surface area contributed by atoms with E-state index in [0.717, 1.165) is 56.5 Å². The maximum absolute atomic E-state index is 11.2. The normalized spacial score (nSPS) is 21.2. The highest BCUT2D eigenvalue weighted by atomic mass is 16.5. The van der Waals surface area contributed by atoms with Crippen LogP contribution in [0.25, 0.3) is 0 Å². The Labute approximate surface area is 202 Å². The monoisotopic (exact) mass is 471 g/mol. The molecule has 9 heteroatoms. The second-order valence-electron chi connectivity index (χ2n) is 9.13. The van der Waals surface area contributed by atoms with Gasteiger partial charge in [-0.25, -0.2) is 9.97 Å². The third-order valence-corrected chi connectivity index (χ3v) is 6.26. The van der Waals surface area contributed by atoms with Crippen molar-refractivity contribution in [3.63, 3.8) is 0 Å². The molecule has 0 radical (unpaired) electrons. The number of hydrogen-bond donors (Lipinski definition) is 1. The van der Waals surface area contributed by atoms with E-state index in [1.165, 1.54) is 0 Å². The van der Waals surface area contributed by atoms with Crippen molar-refractivity contribution in [3.05, 3.63) is 42.2 Å². The zero-order chi connectivity index (χ0) is 23.8. The number of aromatic nitrogens is 2. The van der Waals surface area contributed by atoms with Crippen LogP contribution in [0.2, 0.25) is 0 Å². The fourth-order valence-electron chi connectivity index (χ4n) is 4.63. The van der Waals surface area contributed by atoms with Gasteiger partial charge in [0.15, 0.2) is 11.5 Å². The zero-order valence-corrected chi connectivity index (χ0v) is 20.4. The molecule has 1 N–H and O–H groups in total. The van der Waals surface area contributed by atoms with Crippen LogP contribution in [0.1, 0.15) is 18.9 Å². The molecule has 4 rings (SSSR count). The van der Waals surface area contributed by atoms with Crippen LogP contribution < -0.4 is 14.4 Å². The van der Waals surface area contributed by atoms with Crippen LogP contribution in [0, 0.1) is 0 Å². The van der Waals surface area contributed by atoms with Gasteiger partial charge < -0.3 is 24.2 Å². The fraction of sp³-hybridized carbons (Fsp3) is 0.600. The van der Waals surface area contributed by atoms with E-state index in [-0.39, 0.29) is 0 Å². The van der Waals surface area contributed by atoms with Gasteiger partial charge in [-0.3, -0.25) is 9.80 Å². The van der Waals surface area contributed by atoms with E-state index >= 15 is 0 Å². The third-order valence-electron chi connectivity index (χ3n) is 6.26. The summed E-state index contributed by atoms with van der Waals surface area (Å²) in [5.74, 6) is 2.21. The second kappa shape index (κ2) is 11.8. The minimum atomic E-state index is -0.792. The van der Waals surface area contributed by atoms with Gasteiger partial charge in [-0.05, 0) is 44.2 Å². The lowest BCUT2D eigenvalue weighted by Gasteiger charge is -2.29. The summed E-state index contributed by atoms with van der Waals surface area (Å²) in [7, 11) is 2.03. The molecule has 0 unspecified atom stereocenters. The highest BCUT2D eigenvalue weighted by Gasteiger charge is 2.38. The number of likely N-dealkylation sites (N-methyl/N-ethyl adjacent to an activating group) is 1. The summed E-state index contributed by atoms with van der Waals surface area (Å²) in [5.41, 5.74) is 0.329. The van der Waals surface area contributed by atoms with E-state index in [9.17, 15) is 5.11 Å². The van der Waals surface area contributed by atoms with Gasteiger partial charge in [0.1, 0.15) is 6.61 Å². The van der Waals surface area contributed by atoms with Crippen molar-refractivity contribution >= 4 is 5.95 Å². The molecule has 0 saturated carbocycles. The van der Waals surface area contributed by atoms with Crippen molar-refractivity contribution in [2.75, 3.05) is 77.6 Å². The number of β-amino-alcohol motifs (C(OH)–C–C–N with tert-alkyl or cyclic N) is 1. The number of aliphatic hydroxyl groups is 1. The largest absolute Gasteiger partial charge is 0.490 e. The zero-order valence-electron chi connectivity index (χ0n) is 20.4. The molecule has 186 valence electrons. The highest BCUT2D eigenvalue weighted by molar-refractivity contribution is 5.43. The van der Waals surface area contributed by atoms with Gasteiger partial charge in [0, 0.05) is 51.7 Å². The first kappa shape index (κ1) is 24.7. The number of rotatable bonds is 11. The Balaban J connectivity index is 1.30. The smallest absolute Gasteiger partial charge is 0.225 e. The molecule has 0 amide bonds. The molecule has 2 aromatic rings. The maximum atomic E-state index is 11.2. The van der Waals surface area contributed by atoms with Crippen molar-refractivity contribution in [1.29, 1.82) is 0 Å². The second-order valence-corrected chi connectivity index (χ2v) is 9.13. The summed E-state index contributed by atoms with van der Waals surface area (Å²) >= 11 is 0. The number of hydrogen-bond acceptors (Lipinski definition) is 9. The Kier molecular flexibility index (Phi) is 8.55. The van der Waals surface area contributed by atoms with Gasteiger partial charge >= 0.3 is 0 Å². The Morgan fingerprint density at radius 1 is 1.12 bits per heavy atom. The van der Waals surface area contributed by atoms with E-state index in [1.54, 1.807) is 18.5 Å². The van der Waals surface area contributed by atoms with Gasteiger partial charge in [0.2, 0.25) is 5.95 Å². The van der Waals surface area contributed by atoms with Crippen LogP contribution in [0.3, 0.4) is 0 Å². The van der Waals surface area contributed by atoms with Gasteiger partial charge in [-0.2, -0.15) is 0 Å². The van der Waals surface area contributed by atoms with Crippen molar-refractivity contribution in [1.82, 2.24) is 19.8 Å². The third kappa shape index (κ3) is 6.79. The summed E-state index contributed by atoms with van der Waals surface area (Å²) in [4.78, 5) is 15.2. The molecule has 3 heterocycles. The first-order chi connectivity index (χ1) is 16.5. The minimum Gasteiger partial charge on any atom is -0.490 e. The van der Waals surface area contributed by atoms with Crippen LogP contribution in [0.5, 0.6) is 11.5 Å². The van der Waals surface area contributed by atoms with Crippen molar-refractivity contribution in [3.8, 4) is 11.5 Å². The van der Waals surface area contributed by atoms with Crippen LogP contribution in [0.4, 0.5) is 5.95 Å². The lowest BCUT2D eigenvalue weighted by atomic mass is 10.0. The van der Waals surface area contributed by atoms with Gasteiger partial charge in [0.25, 0.3) is 0 Å². The molecule has 9 nitrogen and oxygen atoms in total. The molecule has 1 aromatic heterocycles. The number of morpholine rings is 1. The quantitative estimate of drug-likeness (QED) is 0.526. The van der Waals surface area contributed by atoms with Crippen LogP contribution >= 0.6 is 0 Å². The van der Waals surface area contributed by atoms with E-state index in [1.807, 2.05) is 31.0 Å². The molecule has 2 saturated heterocycles. The number of anilines is 1. The van der Waals surface area contributed by atoms with E-state index in [0.29, 0.717) is 45.2 Å². The van der Waals surface area contributed by atoms with Gasteiger partial charge in [-0.1, -0.05) is 6.07 Å². The molecule has 1 aromatic carbocycles. The fourth-order valence-corrected chi connectivity index (χ4v) is 4.63. The van der Waals surface area contributed by atoms with Crippen LogP contribution in [-0.2, 0) is 11.3 Å². The Morgan fingerprint density at radius 3 is 2.68 bits per heavy atom. The minimum absolute atomic E-state index is 0.529. The van der Waals surface area contributed by atoms with Crippen molar-refractivity contribution in [2.45, 2.75) is 25.5 Å². The maximum Gasteiger partial charge on any atom is 0.225 e. The summed E-state index contributed by atoms with van der Waals surface area (Å²) < 4.78 is 17.3. The molecular weight excluding hydrogens is 434 g/mol. The Bertz CT molecular complexity index is 896. The van der Waals surface area contributed by atoms with Crippen molar-refractivity contribution in [2.24, 2.45) is 0 Å². The Morgan fingerprint density at radius 2 is 1.91 bits per heavy atom. The molecule has 1 atom stereocenters. The molecule has 34 heavy (non-hydrogen) atoms. The number of nitrogens with zero attached hydrogens (tertiary/aromatic N) is 5.